The third kappa shape index (κ3) is 6.85. The Morgan fingerprint density at radius 1 is 1.06 bits per heavy atom. The number of likely N-dealkylation sites (N-methyl/N-ethyl adjacent to an activating group) is 1. The molecular formula is C23H29Cl2N3O4S. The van der Waals surface area contributed by atoms with Gasteiger partial charge in [-0.25, -0.2) is 8.42 Å². The predicted molar refractivity (Wildman–Crippen MR) is 133 cm³/mol. The summed E-state index contributed by atoms with van der Waals surface area (Å²) >= 11 is 12.3. The van der Waals surface area contributed by atoms with E-state index in [2.05, 4.69) is 5.32 Å². The zero-order valence-corrected chi connectivity index (χ0v) is 21.7. The summed E-state index contributed by atoms with van der Waals surface area (Å²) < 4.78 is 26.3. The highest BCUT2D eigenvalue weighted by atomic mass is 35.5. The number of nitrogens with zero attached hydrogens (tertiary/aromatic N) is 2. The molecule has 0 saturated heterocycles. The Hall–Kier alpha value is -2.29. The van der Waals surface area contributed by atoms with E-state index >= 15 is 0 Å². The molecule has 0 heterocycles. The monoisotopic (exact) mass is 513 g/mol. The first-order valence-corrected chi connectivity index (χ1v) is 13.0. The van der Waals surface area contributed by atoms with Crippen molar-refractivity contribution in [3.8, 4) is 0 Å². The smallest absolute Gasteiger partial charge is 0.244 e. The molecule has 0 fully saturated rings. The van der Waals surface area contributed by atoms with E-state index in [0.29, 0.717) is 27.7 Å². The van der Waals surface area contributed by atoms with E-state index in [1.807, 2.05) is 13.8 Å². The quantitative estimate of drug-likeness (QED) is 0.550. The van der Waals surface area contributed by atoms with Gasteiger partial charge in [-0.1, -0.05) is 42.3 Å². The third-order valence-corrected chi connectivity index (χ3v) is 7.17. The second-order valence-corrected chi connectivity index (χ2v) is 10.6. The van der Waals surface area contributed by atoms with Crippen molar-refractivity contribution >= 4 is 50.7 Å². The van der Waals surface area contributed by atoms with Crippen molar-refractivity contribution in [3.05, 3.63) is 63.1 Å². The fraction of sp³-hybridized carbons (Fsp3) is 0.391. The van der Waals surface area contributed by atoms with Crippen molar-refractivity contribution in [2.24, 2.45) is 0 Å². The van der Waals surface area contributed by atoms with Gasteiger partial charge >= 0.3 is 0 Å². The summed E-state index contributed by atoms with van der Waals surface area (Å²) in [6.45, 7) is 5.13. The molecular weight excluding hydrogens is 485 g/mol. The minimum absolute atomic E-state index is 0.0191. The summed E-state index contributed by atoms with van der Waals surface area (Å²) in [5, 5.41) is 3.36. The second kappa shape index (κ2) is 11.2. The number of benzene rings is 2. The van der Waals surface area contributed by atoms with E-state index < -0.39 is 28.5 Å². The van der Waals surface area contributed by atoms with Crippen LogP contribution in [0.4, 0.5) is 5.69 Å². The van der Waals surface area contributed by atoms with Crippen molar-refractivity contribution in [2.45, 2.75) is 39.8 Å². The number of halogens is 2. The largest absolute Gasteiger partial charge is 0.357 e. The van der Waals surface area contributed by atoms with Gasteiger partial charge in [-0.3, -0.25) is 13.9 Å². The molecule has 2 aromatic carbocycles. The number of carbonyl (C=O) groups excluding carboxylic acids is 2. The molecule has 0 aliphatic heterocycles. The Bertz CT molecular complexity index is 1140. The van der Waals surface area contributed by atoms with Gasteiger partial charge in [-0.05, 0) is 61.2 Å². The van der Waals surface area contributed by atoms with Crippen LogP contribution in [-0.4, -0.2) is 51.0 Å². The summed E-state index contributed by atoms with van der Waals surface area (Å²) in [7, 11) is -2.29. The lowest BCUT2D eigenvalue weighted by atomic mass is 10.1. The SMILES string of the molecule is CC[C@@H](C(=O)NC)N(Cc1ccc(Cl)cc1Cl)C(=O)CN(c1ccc(C)c(C)c1)S(C)(=O)=O. The zero-order valence-electron chi connectivity index (χ0n) is 19.4. The third-order valence-electron chi connectivity index (χ3n) is 5.45. The van der Waals surface area contributed by atoms with Crippen LogP contribution in [0, 0.1) is 13.8 Å². The summed E-state index contributed by atoms with van der Waals surface area (Å²) in [5.74, 6) is -0.881. The average Bonchev–Trinajstić information content (AvgIpc) is 2.74. The van der Waals surface area contributed by atoms with E-state index in [-0.39, 0.29) is 12.5 Å². The molecule has 2 aromatic rings. The highest BCUT2D eigenvalue weighted by Gasteiger charge is 2.31. The predicted octanol–water partition coefficient (Wildman–Crippen LogP) is 3.93. The molecule has 0 aromatic heterocycles. The van der Waals surface area contributed by atoms with Gasteiger partial charge in [-0.15, -0.1) is 0 Å². The Morgan fingerprint density at radius 2 is 1.73 bits per heavy atom. The van der Waals surface area contributed by atoms with Crippen LogP contribution in [0.25, 0.3) is 0 Å². The molecule has 0 unspecified atom stereocenters. The fourth-order valence-electron chi connectivity index (χ4n) is 3.41. The van der Waals surface area contributed by atoms with Crippen molar-refractivity contribution in [3.63, 3.8) is 0 Å². The normalized spacial score (nSPS) is 12.2. The maximum absolute atomic E-state index is 13.5. The molecule has 2 amide bonds. The molecule has 33 heavy (non-hydrogen) atoms. The topological polar surface area (TPSA) is 86.8 Å². The summed E-state index contributed by atoms with van der Waals surface area (Å²) in [5.41, 5.74) is 2.87. The molecule has 0 aliphatic rings. The van der Waals surface area contributed by atoms with Crippen LogP contribution < -0.4 is 9.62 Å². The molecule has 0 aliphatic carbocycles. The number of aryl methyl sites for hydroxylation is 2. The van der Waals surface area contributed by atoms with E-state index in [4.69, 9.17) is 23.2 Å². The lowest BCUT2D eigenvalue weighted by Gasteiger charge is -2.33. The molecule has 10 heteroatoms. The maximum Gasteiger partial charge on any atom is 0.244 e. The van der Waals surface area contributed by atoms with Gasteiger partial charge in [0.15, 0.2) is 0 Å². The molecule has 0 spiro atoms. The van der Waals surface area contributed by atoms with Crippen LogP contribution in [0.2, 0.25) is 10.0 Å². The Kier molecular flexibility index (Phi) is 9.17. The van der Waals surface area contributed by atoms with Gasteiger partial charge in [0.25, 0.3) is 0 Å². The molecule has 1 N–H and O–H groups in total. The summed E-state index contributed by atoms with van der Waals surface area (Å²) in [6.07, 6.45) is 1.38. The fourth-order valence-corrected chi connectivity index (χ4v) is 4.72. The number of amides is 2. The van der Waals surface area contributed by atoms with Crippen LogP contribution in [0.5, 0.6) is 0 Å². The van der Waals surface area contributed by atoms with E-state index in [1.165, 1.54) is 11.9 Å². The van der Waals surface area contributed by atoms with Crippen LogP contribution in [0.3, 0.4) is 0 Å². The van der Waals surface area contributed by atoms with E-state index in [9.17, 15) is 18.0 Å². The summed E-state index contributed by atoms with van der Waals surface area (Å²) in [4.78, 5) is 27.4. The van der Waals surface area contributed by atoms with Crippen LogP contribution in [0.1, 0.15) is 30.0 Å². The first-order chi connectivity index (χ1) is 15.4. The van der Waals surface area contributed by atoms with E-state index in [1.54, 1.807) is 43.3 Å². The van der Waals surface area contributed by atoms with Gasteiger partial charge in [0.05, 0.1) is 11.9 Å². The Morgan fingerprint density at radius 3 is 2.24 bits per heavy atom. The summed E-state index contributed by atoms with van der Waals surface area (Å²) in [6, 6.07) is 9.25. The lowest BCUT2D eigenvalue weighted by Crippen LogP contribution is -2.51. The van der Waals surface area contributed by atoms with Gasteiger partial charge in [0, 0.05) is 23.6 Å². The number of nitrogens with one attached hydrogen (secondary N) is 1. The molecule has 0 bridgehead atoms. The van der Waals surface area contributed by atoms with Gasteiger partial charge in [0.1, 0.15) is 12.6 Å². The number of rotatable bonds is 9. The Balaban J connectivity index is 2.48. The number of hydrogen-bond acceptors (Lipinski definition) is 4. The van der Waals surface area contributed by atoms with Gasteiger partial charge < -0.3 is 10.2 Å². The minimum Gasteiger partial charge on any atom is -0.357 e. The highest BCUT2D eigenvalue weighted by Crippen LogP contribution is 2.25. The molecule has 180 valence electrons. The lowest BCUT2D eigenvalue weighted by molar-refractivity contribution is -0.140. The van der Waals surface area contributed by atoms with Crippen LogP contribution >= 0.6 is 23.2 Å². The maximum atomic E-state index is 13.5. The van der Waals surface area contributed by atoms with Crippen molar-refractivity contribution in [1.82, 2.24) is 10.2 Å². The first-order valence-electron chi connectivity index (χ1n) is 10.4. The number of anilines is 1. The molecule has 7 nitrogen and oxygen atoms in total. The van der Waals surface area contributed by atoms with Gasteiger partial charge in [0.2, 0.25) is 21.8 Å². The van der Waals surface area contributed by atoms with Crippen molar-refractivity contribution in [2.75, 3.05) is 24.2 Å². The number of sulfonamides is 1. The average molecular weight is 514 g/mol. The minimum atomic E-state index is -3.78. The van der Waals surface area contributed by atoms with E-state index in [0.717, 1.165) is 21.7 Å². The molecule has 1 atom stereocenters. The molecule has 0 radical (unpaired) electrons. The first kappa shape index (κ1) is 27.0. The Labute approximate surface area is 205 Å². The van der Waals surface area contributed by atoms with Crippen molar-refractivity contribution in [1.29, 1.82) is 0 Å². The molecule has 2 rings (SSSR count). The number of carbonyl (C=O) groups is 2. The van der Waals surface area contributed by atoms with Crippen molar-refractivity contribution < 1.29 is 18.0 Å². The van der Waals surface area contributed by atoms with Crippen LogP contribution in [-0.2, 0) is 26.2 Å². The zero-order chi connectivity index (χ0) is 24.9. The number of hydrogen-bond donors (Lipinski definition) is 1. The van der Waals surface area contributed by atoms with Gasteiger partial charge in [-0.2, -0.15) is 0 Å². The standard InChI is InChI=1S/C23H29Cl2N3O4S/c1-6-21(23(30)26-4)27(13-17-8-9-18(24)12-20(17)25)22(29)14-28(33(5,31)32)19-10-7-15(2)16(3)11-19/h7-12,21H,6,13-14H2,1-5H3,(H,26,30)/t21-/m0/s1. The second-order valence-electron chi connectivity index (χ2n) is 7.83. The van der Waals surface area contributed by atoms with Crippen LogP contribution in [0.15, 0.2) is 36.4 Å². The molecule has 0 saturated carbocycles. The highest BCUT2D eigenvalue weighted by molar-refractivity contribution is 7.92.